The number of carbonyl (C=O) groups is 1. The van der Waals surface area contributed by atoms with Crippen LogP contribution in [0.15, 0.2) is 60.7 Å². The molecule has 0 fully saturated rings. The zero-order valence-corrected chi connectivity index (χ0v) is 15.6. The van der Waals surface area contributed by atoms with E-state index in [1.165, 1.54) is 60.7 Å². The number of carbonyl (C=O) groups excluding carboxylic acids is 1. The van der Waals surface area contributed by atoms with Gasteiger partial charge in [-0.1, -0.05) is 60.7 Å². The Labute approximate surface area is 167 Å². The maximum absolute atomic E-state index is 13.4. The fourth-order valence-corrected chi connectivity index (χ4v) is 3.59. The van der Waals surface area contributed by atoms with E-state index >= 15 is 0 Å². The number of benzene rings is 2. The van der Waals surface area contributed by atoms with E-state index in [-0.39, 0.29) is 11.1 Å². The summed E-state index contributed by atoms with van der Waals surface area (Å²) in [5.74, 6) is -6.81. The van der Waals surface area contributed by atoms with Crippen LogP contribution in [-0.2, 0) is 19.6 Å². The van der Waals surface area contributed by atoms with Crippen molar-refractivity contribution in [3.8, 4) is 0 Å². The minimum atomic E-state index is -6.43. The van der Waals surface area contributed by atoms with Crippen LogP contribution in [0.2, 0.25) is 0 Å². The normalized spacial score (nSPS) is 13.3. The van der Waals surface area contributed by atoms with E-state index in [9.17, 15) is 44.1 Å². The Morgan fingerprint density at radius 3 is 1.50 bits per heavy atom. The molecule has 0 bridgehead atoms. The predicted octanol–water partition coefficient (Wildman–Crippen LogP) is 3.77. The van der Waals surface area contributed by atoms with Gasteiger partial charge in [0.05, 0.1) is 15.9 Å². The number of esters is 1. The van der Waals surface area contributed by atoms with Crippen LogP contribution in [0.5, 0.6) is 0 Å². The first-order chi connectivity index (χ1) is 13.7. The molecule has 164 valence electrons. The highest BCUT2D eigenvalue weighted by Gasteiger charge is 2.75. The molecule has 0 saturated heterocycles. The molecule has 0 aliphatic heterocycles. The molecule has 2 aromatic rings. The number of alkyl halides is 6. The van der Waals surface area contributed by atoms with Gasteiger partial charge in [-0.15, -0.1) is 0 Å². The Morgan fingerprint density at radius 2 is 1.20 bits per heavy atom. The van der Waals surface area contributed by atoms with Crippen LogP contribution >= 0.6 is 0 Å². The average molecular weight is 455 g/mol. The summed E-state index contributed by atoms with van der Waals surface area (Å²) in [5, 5.41) is 0. The monoisotopic (exact) mass is 455 g/mol. The quantitative estimate of drug-likeness (QED) is 0.376. The summed E-state index contributed by atoms with van der Waals surface area (Å²) < 4.78 is 117. The van der Waals surface area contributed by atoms with Gasteiger partial charge in [0.15, 0.2) is 0 Å². The first kappa shape index (κ1) is 23.7. The van der Waals surface area contributed by atoms with Gasteiger partial charge in [0.2, 0.25) is 0 Å². The molecule has 0 heterocycles. The summed E-state index contributed by atoms with van der Waals surface area (Å²) in [6, 6.07) is 13.6. The van der Waals surface area contributed by atoms with Gasteiger partial charge in [-0.25, -0.2) is 8.42 Å². The summed E-state index contributed by atoms with van der Waals surface area (Å²) in [5.41, 5.74) is -5.53. The van der Waals surface area contributed by atoms with Gasteiger partial charge in [-0.3, -0.25) is 4.79 Å². The first-order valence-corrected chi connectivity index (χ1v) is 9.65. The Hall–Kier alpha value is -2.60. The van der Waals surface area contributed by atoms with Crippen LogP contribution in [0.4, 0.5) is 26.3 Å². The predicted molar refractivity (Wildman–Crippen MR) is 90.2 cm³/mol. The topological polar surface area (TPSA) is 83.5 Å². The van der Waals surface area contributed by atoms with E-state index in [0.717, 1.165) is 0 Å². The second kappa shape index (κ2) is 8.26. The Morgan fingerprint density at radius 1 is 0.833 bits per heavy atom. The van der Waals surface area contributed by atoms with Gasteiger partial charge in [-0.05, 0) is 11.1 Å². The number of rotatable bonds is 6. The number of hydrogen-bond acceptors (Lipinski definition) is 5. The molecular formula is C18H13F6O5S-. The lowest BCUT2D eigenvalue weighted by molar-refractivity contribution is -0.361. The molecule has 0 saturated carbocycles. The third-order valence-electron chi connectivity index (χ3n) is 4.07. The van der Waals surface area contributed by atoms with Crippen molar-refractivity contribution in [3.05, 3.63) is 71.8 Å². The Balaban J connectivity index is 2.63. The van der Waals surface area contributed by atoms with Crippen molar-refractivity contribution >= 4 is 16.1 Å². The lowest BCUT2D eigenvalue weighted by Crippen LogP contribution is -2.63. The highest BCUT2D eigenvalue weighted by Crippen LogP contribution is 2.47. The number of hydrogen-bond donors (Lipinski definition) is 0. The van der Waals surface area contributed by atoms with Crippen molar-refractivity contribution in [1.82, 2.24) is 0 Å². The van der Waals surface area contributed by atoms with Crippen molar-refractivity contribution in [2.45, 2.75) is 23.9 Å². The largest absolute Gasteiger partial charge is 0.748 e. The van der Waals surface area contributed by atoms with Gasteiger partial charge in [0, 0.05) is 0 Å². The maximum Gasteiger partial charge on any atom is 0.438 e. The molecule has 0 atom stereocenters. The molecular weight excluding hydrogens is 442 g/mol. The molecule has 0 spiro atoms. The van der Waals surface area contributed by atoms with E-state index in [1.54, 1.807) is 0 Å². The van der Waals surface area contributed by atoms with E-state index in [4.69, 9.17) is 0 Å². The van der Waals surface area contributed by atoms with Gasteiger partial charge in [-0.2, -0.15) is 26.3 Å². The van der Waals surface area contributed by atoms with E-state index in [2.05, 4.69) is 4.74 Å². The van der Waals surface area contributed by atoms with E-state index in [1.807, 2.05) is 0 Å². The first-order valence-electron chi connectivity index (χ1n) is 8.08. The number of ether oxygens (including phenoxy) is 1. The van der Waals surface area contributed by atoms with Crippen molar-refractivity contribution < 1.29 is 48.8 Å². The summed E-state index contributed by atoms with van der Waals surface area (Å²) in [6.07, 6.45) is -12.9. The molecule has 2 rings (SSSR count). The summed E-state index contributed by atoms with van der Waals surface area (Å²) in [4.78, 5) is 12.6. The van der Waals surface area contributed by atoms with Crippen molar-refractivity contribution in [2.24, 2.45) is 0 Å². The zero-order chi connectivity index (χ0) is 22.8. The van der Waals surface area contributed by atoms with Gasteiger partial charge in [0.1, 0.15) is 5.92 Å². The summed E-state index contributed by atoms with van der Waals surface area (Å²) >= 11 is 0. The highest BCUT2D eigenvalue weighted by molar-refractivity contribution is 7.85. The van der Waals surface area contributed by atoms with Crippen molar-refractivity contribution in [3.63, 3.8) is 0 Å². The standard InChI is InChI=1S/C18H14F6O5S/c19-17(20,21)16(18(22,23)24,11-30(26,27)28)29-15(25)14(12-7-3-1-4-8-12)13-9-5-2-6-10-13/h1-10,14H,11H2,(H,26,27,28)/p-1. The molecule has 0 N–H and O–H groups in total. The van der Waals surface area contributed by atoms with Crippen molar-refractivity contribution in [2.75, 3.05) is 5.75 Å². The fourth-order valence-electron chi connectivity index (χ4n) is 2.70. The average Bonchev–Trinajstić information content (AvgIpc) is 2.60. The molecule has 0 aliphatic carbocycles. The van der Waals surface area contributed by atoms with Crippen LogP contribution in [0.25, 0.3) is 0 Å². The molecule has 5 nitrogen and oxygen atoms in total. The van der Waals surface area contributed by atoms with Gasteiger partial charge >= 0.3 is 23.9 Å². The summed E-state index contributed by atoms with van der Waals surface area (Å²) in [6.45, 7) is 0. The second-order valence-electron chi connectivity index (χ2n) is 6.20. The third kappa shape index (κ3) is 5.11. The van der Waals surface area contributed by atoms with E-state index < -0.39 is 45.7 Å². The zero-order valence-electron chi connectivity index (χ0n) is 14.8. The van der Waals surface area contributed by atoms with Gasteiger partial charge in [0.25, 0.3) is 0 Å². The molecule has 12 heteroatoms. The fraction of sp³-hybridized carbons (Fsp3) is 0.278. The maximum atomic E-state index is 13.4. The smallest absolute Gasteiger partial charge is 0.438 e. The lowest BCUT2D eigenvalue weighted by atomic mass is 9.91. The van der Waals surface area contributed by atoms with Crippen LogP contribution < -0.4 is 0 Å². The molecule has 0 radical (unpaired) electrons. The van der Waals surface area contributed by atoms with Crippen LogP contribution in [0.3, 0.4) is 0 Å². The van der Waals surface area contributed by atoms with Crippen LogP contribution in [-0.4, -0.2) is 42.6 Å². The van der Waals surface area contributed by atoms with Crippen LogP contribution in [0, 0.1) is 0 Å². The summed E-state index contributed by atoms with van der Waals surface area (Å²) in [7, 11) is -6.12. The SMILES string of the molecule is O=C(OC(CS(=O)(=O)[O-])(C(F)(F)F)C(F)(F)F)C(c1ccccc1)c1ccccc1. The highest BCUT2D eigenvalue weighted by atomic mass is 32.2. The third-order valence-corrected chi connectivity index (χ3v) is 4.83. The molecule has 30 heavy (non-hydrogen) atoms. The number of halogens is 6. The second-order valence-corrected chi connectivity index (χ2v) is 7.60. The minimum absolute atomic E-state index is 0.00284. The molecule has 0 aromatic heterocycles. The molecule has 2 aromatic carbocycles. The van der Waals surface area contributed by atoms with E-state index in [0.29, 0.717) is 0 Å². The van der Waals surface area contributed by atoms with Crippen molar-refractivity contribution in [1.29, 1.82) is 0 Å². The van der Waals surface area contributed by atoms with Crippen LogP contribution in [0.1, 0.15) is 17.0 Å². The Bertz CT molecular complexity index is 918. The molecule has 0 amide bonds. The minimum Gasteiger partial charge on any atom is -0.748 e. The van der Waals surface area contributed by atoms with Gasteiger partial charge < -0.3 is 9.29 Å². The Kier molecular flexibility index (Phi) is 6.52. The lowest BCUT2D eigenvalue weighted by Gasteiger charge is -2.37. The molecule has 0 aliphatic rings. The molecule has 0 unspecified atom stereocenters.